The van der Waals surface area contributed by atoms with Crippen LogP contribution in [-0.2, 0) is 14.8 Å². The molecule has 0 aliphatic carbocycles. The first-order valence-electron chi connectivity index (χ1n) is 6.93. The Balaban J connectivity index is 2.23. The summed E-state index contributed by atoms with van der Waals surface area (Å²) in [6.45, 7) is 5.35. The molecule has 0 aromatic heterocycles. The second kappa shape index (κ2) is 6.11. The first-order valence-corrected chi connectivity index (χ1v) is 8.37. The van der Waals surface area contributed by atoms with Gasteiger partial charge in [-0.15, -0.1) is 0 Å². The van der Waals surface area contributed by atoms with Crippen molar-refractivity contribution in [2.45, 2.75) is 37.7 Å². The summed E-state index contributed by atoms with van der Waals surface area (Å²) in [5, 5.41) is 0. The average molecular weight is 298 g/mol. The monoisotopic (exact) mass is 298 g/mol. The second-order valence-electron chi connectivity index (χ2n) is 5.10. The van der Waals surface area contributed by atoms with Crippen molar-refractivity contribution in [1.82, 2.24) is 4.31 Å². The van der Waals surface area contributed by atoms with Crippen LogP contribution in [0.1, 0.15) is 25.3 Å². The van der Waals surface area contributed by atoms with E-state index >= 15 is 0 Å². The summed E-state index contributed by atoms with van der Waals surface area (Å²) in [5.74, 6) is 0. The smallest absolute Gasteiger partial charge is 0.243 e. The Morgan fingerprint density at radius 3 is 2.85 bits per heavy atom. The fourth-order valence-corrected chi connectivity index (χ4v) is 3.97. The number of piperidine rings is 1. The number of nitrogens with zero attached hydrogens (tertiary/aromatic N) is 1. The highest BCUT2D eigenvalue weighted by molar-refractivity contribution is 7.89. The lowest BCUT2D eigenvalue weighted by atomic mass is 10.1. The molecule has 0 saturated carbocycles. The van der Waals surface area contributed by atoms with Crippen LogP contribution in [-0.4, -0.2) is 38.5 Å². The minimum atomic E-state index is -3.48. The standard InChI is InChI=1S/C14H22N2O3S/c1-3-19-12-5-4-8-16(10-12)20(17,18)13-7-6-11(2)14(15)9-13/h6-7,9,12H,3-5,8,10,15H2,1-2H3. The molecule has 6 heteroatoms. The lowest BCUT2D eigenvalue weighted by molar-refractivity contribution is 0.0265. The molecule has 1 aliphatic rings. The Morgan fingerprint density at radius 1 is 1.45 bits per heavy atom. The Labute approximate surface area is 120 Å². The summed E-state index contributed by atoms with van der Waals surface area (Å²) in [6.07, 6.45) is 1.73. The third-order valence-corrected chi connectivity index (χ3v) is 5.49. The van der Waals surface area contributed by atoms with Crippen LogP contribution >= 0.6 is 0 Å². The molecule has 5 nitrogen and oxygen atoms in total. The Bertz CT molecular complexity index is 570. The Hall–Kier alpha value is -1.11. The van der Waals surface area contributed by atoms with E-state index in [1.54, 1.807) is 12.1 Å². The van der Waals surface area contributed by atoms with Gasteiger partial charge in [-0.2, -0.15) is 4.31 Å². The maximum Gasteiger partial charge on any atom is 0.243 e. The average Bonchev–Trinajstić information content (AvgIpc) is 2.42. The number of hydrogen-bond donors (Lipinski definition) is 1. The van der Waals surface area contributed by atoms with Crippen LogP contribution in [0.5, 0.6) is 0 Å². The number of ether oxygens (including phenoxy) is 1. The maximum atomic E-state index is 12.6. The third-order valence-electron chi connectivity index (χ3n) is 3.63. The van der Waals surface area contributed by atoms with Crippen LogP contribution in [0.2, 0.25) is 0 Å². The summed E-state index contributed by atoms with van der Waals surface area (Å²) in [5.41, 5.74) is 7.20. The van der Waals surface area contributed by atoms with E-state index in [-0.39, 0.29) is 11.0 Å². The highest BCUT2D eigenvalue weighted by Crippen LogP contribution is 2.24. The SMILES string of the molecule is CCOC1CCCN(S(=O)(=O)c2ccc(C)c(N)c2)C1. The van der Waals surface area contributed by atoms with Gasteiger partial charge in [0.1, 0.15) is 0 Å². The summed E-state index contributed by atoms with van der Waals surface area (Å²) >= 11 is 0. The molecule has 1 fully saturated rings. The highest BCUT2D eigenvalue weighted by atomic mass is 32.2. The van der Waals surface area contributed by atoms with Gasteiger partial charge in [0.15, 0.2) is 0 Å². The lowest BCUT2D eigenvalue weighted by Crippen LogP contribution is -2.43. The normalized spacial score (nSPS) is 21.0. The first kappa shape index (κ1) is 15.3. The molecule has 2 N–H and O–H groups in total. The molecule has 0 amide bonds. The summed E-state index contributed by atoms with van der Waals surface area (Å²) in [4.78, 5) is 0.262. The molecule has 1 aromatic rings. The Kier molecular flexibility index (Phi) is 4.67. The zero-order valence-corrected chi connectivity index (χ0v) is 12.8. The van der Waals surface area contributed by atoms with Gasteiger partial charge in [-0.1, -0.05) is 6.07 Å². The van der Waals surface area contributed by atoms with Gasteiger partial charge in [0, 0.05) is 25.4 Å². The molecule has 1 saturated heterocycles. The molecule has 0 radical (unpaired) electrons. The minimum Gasteiger partial charge on any atom is -0.398 e. The number of aryl methyl sites for hydroxylation is 1. The summed E-state index contributed by atoms with van der Waals surface area (Å²) < 4.78 is 32.3. The molecule has 1 atom stereocenters. The number of rotatable bonds is 4. The molecular formula is C14H22N2O3S. The minimum absolute atomic E-state index is 0.00804. The fourth-order valence-electron chi connectivity index (χ4n) is 2.42. The molecular weight excluding hydrogens is 276 g/mol. The molecule has 1 heterocycles. The summed E-state index contributed by atoms with van der Waals surface area (Å²) in [7, 11) is -3.48. The first-order chi connectivity index (χ1) is 9.45. The van der Waals surface area contributed by atoms with Gasteiger partial charge in [-0.05, 0) is 44.4 Å². The lowest BCUT2D eigenvalue weighted by Gasteiger charge is -2.31. The van der Waals surface area contributed by atoms with Crippen molar-refractivity contribution in [3.63, 3.8) is 0 Å². The van der Waals surface area contributed by atoms with Crippen LogP contribution in [0.3, 0.4) is 0 Å². The van der Waals surface area contributed by atoms with Crippen molar-refractivity contribution in [2.24, 2.45) is 0 Å². The number of sulfonamides is 1. The molecule has 112 valence electrons. The number of benzene rings is 1. The maximum absolute atomic E-state index is 12.6. The number of nitrogen functional groups attached to an aromatic ring is 1. The molecule has 20 heavy (non-hydrogen) atoms. The van der Waals surface area contributed by atoms with Crippen LogP contribution in [0, 0.1) is 6.92 Å². The van der Waals surface area contributed by atoms with E-state index in [2.05, 4.69) is 0 Å². The van der Waals surface area contributed by atoms with Gasteiger partial charge >= 0.3 is 0 Å². The van der Waals surface area contributed by atoms with Gasteiger partial charge in [-0.3, -0.25) is 0 Å². The van der Waals surface area contributed by atoms with Crippen molar-refractivity contribution >= 4 is 15.7 Å². The van der Waals surface area contributed by atoms with Gasteiger partial charge < -0.3 is 10.5 Å². The zero-order chi connectivity index (χ0) is 14.8. The fraction of sp³-hybridized carbons (Fsp3) is 0.571. The topological polar surface area (TPSA) is 72.6 Å². The van der Waals surface area contributed by atoms with Gasteiger partial charge in [0.2, 0.25) is 10.0 Å². The summed E-state index contributed by atoms with van der Waals surface area (Å²) in [6, 6.07) is 4.90. The van der Waals surface area contributed by atoms with E-state index in [0.717, 1.165) is 18.4 Å². The molecule has 2 rings (SSSR count). The van der Waals surface area contributed by atoms with Gasteiger partial charge in [0.25, 0.3) is 0 Å². The quantitative estimate of drug-likeness (QED) is 0.860. The van der Waals surface area contributed by atoms with E-state index in [9.17, 15) is 8.42 Å². The predicted octanol–water partition coefficient (Wildman–Crippen LogP) is 1.77. The number of hydrogen-bond acceptors (Lipinski definition) is 4. The van der Waals surface area contributed by atoms with Crippen molar-refractivity contribution in [3.8, 4) is 0 Å². The van der Waals surface area contributed by atoms with E-state index in [1.807, 2.05) is 13.8 Å². The van der Waals surface area contributed by atoms with Crippen LogP contribution < -0.4 is 5.73 Å². The zero-order valence-electron chi connectivity index (χ0n) is 12.0. The molecule has 1 aliphatic heterocycles. The van der Waals surface area contributed by atoms with Crippen LogP contribution in [0.4, 0.5) is 5.69 Å². The highest BCUT2D eigenvalue weighted by Gasteiger charge is 2.30. The predicted molar refractivity (Wildman–Crippen MR) is 79.0 cm³/mol. The van der Waals surface area contributed by atoms with Gasteiger partial charge in [0.05, 0.1) is 11.0 Å². The van der Waals surface area contributed by atoms with E-state index in [0.29, 0.717) is 25.4 Å². The van der Waals surface area contributed by atoms with E-state index in [4.69, 9.17) is 10.5 Å². The largest absolute Gasteiger partial charge is 0.398 e. The van der Waals surface area contributed by atoms with Gasteiger partial charge in [-0.25, -0.2) is 8.42 Å². The van der Waals surface area contributed by atoms with Crippen LogP contribution in [0.25, 0.3) is 0 Å². The molecule has 1 aromatic carbocycles. The van der Waals surface area contributed by atoms with Crippen molar-refractivity contribution in [3.05, 3.63) is 23.8 Å². The number of anilines is 1. The molecule has 0 spiro atoms. The number of nitrogens with two attached hydrogens (primary N) is 1. The molecule has 0 bridgehead atoms. The van der Waals surface area contributed by atoms with Crippen molar-refractivity contribution in [1.29, 1.82) is 0 Å². The Morgan fingerprint density at radius 2 is 2.20 bits per heavy atom. The molecule has 1 unspecified atom stereocenters. The third kappa shape index (κ3) is 3.13. The van der Waals surface area contributed by atoms with Crippen LogP contribution in [0.15, 0.2) is 23.1 Å². The van der Waals surface area contributed by atoms with E-state index < -0.39 is 10.0 Å². The van der Waals surface area contributed by atoms with Crippen molar-refractivity contribution in [2.75, 3.05) is 25.4 Å². The second-order valence-corrected chi connectivity index (χ2v) is 7.04. The van der Waals surface area contributed by atoms with Crippen molar-refractivity contribution < 1.29 is 13.2 Å². The van der Waals surface area contributed by atoms with E-state index in [1.165, 1.54) is 10.4 Å².